The molecule has 1 fully saturated rings. The smallest absolute Gasteiger partial charge is 0.244 e. The summed E-state index contributed by atoms with van der Waals surface area (Å²) in [5.74, 6) is 0.194. The SMILES string of the molecule is CCc1ccc(NC2CCN(C)C2=O)cc1. The highest BCUT2D eigenvalue weighted by molar-refractivity contribution is 5.86. The first-order valence-corrected chi connectivity index (χ1v) is 5.81. The van der Waals surface area contributed by atoms with E-state index < -0.39 is 0 Å². The second-order valence-electron chi connectivity index (χ2n) is 4.30. The minimum atomic E-state index is -0.0440. The number of anilines is 1. The fraction of sp³-hybridized carbons (Fsp3) is 0.462. The van der Waals surface area contributed by atoms with Crippen LogP contribution in [0.5, 0.6) is 0 Å². The van der Waals surface area contributed by atoms with Gasteiger partial charge in [0.15, 0.2) is 0 Å². The average molecular weight is 218 g/mol. The van der Waals surface area contributed by atoms with Crippen molar-refractivity contribution in [3.63, 3.8) is 0 Å². The van der Waals surface area contributed by atoms with Gasteiger partial charge >= 0.3 is 0 Å². The van der Waals surface area contributed by atoms with Crippen LogP contribution in [0.2, 0.25) is 0 Å². The first-order chi connectivity index (χ1) is 7.70. The van der Waals surface area contributed by atoms with Crippen molar-refractivity contribution in [1.82, 2.24) is 4.90 Å². The molecule has 2 rings (SSSR count). The molecular weight excluding hydrogens is 200 g/mol. The largest absolute Gasteiger partial charge is 0.374 e. The van der Waals surface area contributed by atoms with Crippen molar-refractivity contribution in [2.24, 2.45) is 0 Å². The number of amides is 1. The van der Waals surface area contributed by atoms with Crippen LogP contribution in [0.1, 0.15) is 18.9 Å². The first kappa shape index (κ1) is 11.0. The third-order valence-corrected chi connectivity index (χ3v) is 3.13. The van der Waals surface area contributed by atoms with Gasteiger partial charge in [-0.1, -0.05) is 19.1 Å². The number of aryl methyl sites for hydroxylation is 1. The monoisotopic (exact) mass is 218 g/mol. The van der Waals surface area contributed by atoms with E-state index in [9.17, 15) is 4.79 Å². The lowest BCUT2D eigenvalue weighted by atomic mass is 10.1. The third kappa shape index (κ3) is 2.18. The maximum absolute atomic E-state index is 11.7. The molecular formula is C13H18N2O. The molecule has 1 aliphatic rings. The number of nitrogens with one attached hydrogen (secondary N) is 1. The Kier molecular flexibility index (Phi) is 3.13. The molecule has 1 unspecified atom stereocenters. The lowest BCUT2D eigenvalue weighted by molar-refractivity contribution is -0.127. The van der Waals surface area contributed by atoms with Gasteiger partial charge in [-0.15, -0.1) is 0 Å². The quantitative estimate of drug-likeness (QED) is 0.840. The van der Waals surface area contributed by atoms with E-state index in [2.05, 4.69) is 24.4 Å². The van der Waals surface area contributed by atoms with E-state index in [1.54, 1.807) is 4.90 Å². The second kappa shape index (κ2) is 4.56. The fourth-order valence-corrected chi connectivity index (χ4v) is 1.99. The molecule has 86 valence electrons. The summed E-state index contributed by atoms with van der Waals surface area (Å²) in [5.41, 5.74) is 2.35. The maximum atomic E-state index is 11.7. The summed E-state index contributed by atoms with van der Waals surface area (Å²) in [6.07, 6.45) is 1.94. The first-order valence-electron chi connectivity index (χ1n) is 5.81. The molecule has 16 heavy (non-hydrogen) atoms. The van der Waals surface area contributed by atoms with Gasteiger partial charge < -0.3 is 10.2 Å². The Morgan fingerprint density at radius 3 is 2.56 bits per heavy atom. The highest BCUT2D eigenvalue weighted by Gasteiger charge is 2.28. The van der Waals surface area contributed by atoms with E-state index in [1.165, 1.54) is 5.56 Å². The normalized spacial score (nSPS) is 20.2. The lowest BCUT2D eigenvalue weighted by Gasteiger charge is -2.13. The molecule has 1 saturated heterocycles. The molecule has 0 saturated carbocycles. The Balaban J connectivity index is 2.01. The van der Waals surface area contributed by atoms with Crippen LogP contribution in [0.3, 0.4) is 0 Å². The van der Waals surface area contributed by atoms with Crippen molar-refractivity contribution in [1.29, 1.82) is 0 Å². The second-order valence-corrected chi connectivity index (χ2v) is 4.30. The van der Waals surface area contributed by atoms with Gasteiger partial charge in [0.25, 0.3) is 0 Å². The summed E-state index contributed by atoms with van der Waals surface area (Å²) in [7, 11) is 1.85. The number of carbonyl (C=O) groups is 1. The summed E-state index contributed by atoms with van der Waals surface area (Å²) >= 11 is 0. The lowest BCUT2D eigenvalue weighted by Crippen LogP contribution is -2.30. The van der Waals surface area contributed by atoms with Crippen LogP contribution in [0.15, 0.2) is 24.3 Å². The molecule has 0 spiro atoms. The van der Waals surface area contributed by atoms with Crippen LogP contribution in [0.25, 0.3) is 0 Å². The van der Waals surface area contributed by atoms with Crippen molar-refractivity contribution in [3.8, 4) is 0 Å². The van der Waals surface area contributed by atoms with E-state index >= 15 is 0 Å². The number of rotatable bonds is 3. The van der Waals surface area contributed by atoms with Gasteiger partial charge in [-0.25, -0.2) is 0 Å². The van der Waals surface area contributed by atoms with Crippen LogP contribution >= 0.6 is 0 Å². The van der Waals surface area contributed by atoms with Crippen molar-refractivity contribution in [3.05, 3.63) is 29.8 Å². The number of likely N-dealkylation sites (tertiary alicyclic amines) is 1. The number of hydrogen-bond donors (Lipinski definition) is 1. The molecule has 1 aromatic carbocycles. The maximum Gasteiger partial charge on any atom is 0.244 e. The Hall–Kier alpha value is -1.51. The molecule has 1 aliphatic heterocycles. The van der Waals surface area contributed by atoms with Crippen LogP contribution in [-0.4, -0.2) is 30.4 Å². The van der Waals surface area contributed by atoms with Gasteiger partial charge in [0.1, 0.15) is 6.04 Å². The predicted molar refractivity (Wildman–Crippen MR) is 65.5 cm³/mol. The van der Waals surface area contributed by atoms with E-state index in [1.807, 2.05) is 19.2 Å². The Morgan fingerprint density at radius 2 is 2.06 bits per heavy atom. The van der Waals surface area contributed by atoms with E-state index in [4.69, 9.17) is 0 Å². The van der Waals surface area contributed by atoms with Gasteiger partial charge in [0.05, 0.1) is 0 Å². The summed E-state index contributed by atoms with van der Waals surface area (Å²) in [6.45, 7) is 2.99. The summed E-state index contributed by atoms with van der Waals surface area (Å²) in [6, 6.07) is 8.25. The zero-order chi connectivity index (χ0) is 11.5. The predicted octanol–water partition coefficient (Wildman–Crippen LogP) is 1.89. The molecule has 1 amide bonds. The number of hydrogen-bond acceptors (Lipinski definition) is 2. The van der Waals surface area contributed by atoms with Crippen LogP contribution in [0, 0.1) is 0 Å². The Labute approximate surface area is 96.5 Å². The molecule has 0 bridgehead atoms. The van der Waals surface area contributed by atoms with Crippen molar-refractivity contribution < 1.29 is 4.79 Å². The third-order valence-electron chi connectivity index (χ3n) is 3.13. The van der Waals surface area contributed by atoms with Gasteiger partial charge in [-0.05, 0) is 30.5 Å². The zero-order valence-corrected chi connectivity index (χ0v) is 9.86. The van der Waals surface area contributed by atoms with Crippen LogP contribution < -0.4 is 5.32 Å². The molecule has 3 nitrogen and oxygen atoms in total. The number of carbonyl (C=O) groups excluding carboxylic acids is 1. The topological polar surface area (TPSA) is 32.3 Å². The molecule has 1 atom stereocenters. The van der Waals surface area contributed by atoms with Gasteiger partial charge in [0.2, 0.25) is 5.91 Å². The average Bonchev–Trinajstić information content (AvgIpc) is 2.62. The Morgan fingerprint density at radius 1 is 1.38 bits per heavy atom. The molecule has 1 aromatic rings. The molecule has 3 heteroatoms. The minimum absolute atomic E-state index is 0.0440. The summed E-state index contributed by atoms with van der Waals surface area (Å²) in [5, 5.41) is 3.28. The molecule has 0 aromatic heterocycles. The van der Waals surface area contributed by atoms with E-state index in [0.717, 1.165) is 25.1 Å². The molecule has 1 N–H and O–H groups in total. The van der Waals surface area contributed by atoms with E-state index in [-0.39, 0.29) is 11.9 Å². The highest BCUT2D eigenvalue weighted by Crippen LogP contribution is 2.16. The summed E-state index contributed by atoms with van der Waals surface area (Å²) < 4.78 is 0. The zero-order valence-electron chi connectivity index (χ0n) is 9.86. The molecule has 0 radical (unpaired) electrons. The van der Waals surface area contributed by atoms with Crippen LogP contribution in [0.4, 0.5) is 5.69 Å². The number of likely N-dealkylation sites (N-methyl/N-ethyl adjacent to an activating group) is 1. The van der Waals surface area contributed by atoms with Gasteiger partial charge in [-0.2, -0.15) is 0 Å². The van der Waals surface area contributed by atoms with E-state index in [0.29, 0.717) is 0 Å². The van der Waals surface area contributed by atoms with Gasteiger partial charge in [0, 0.05) is 19.3 Å². The van der Waals surface area contributed by atoms with Gasteiger partial charge in [-0.3, -0.25) is 4.79 Å². The van der Waals surface area contributed by atoms with Crippen molar-refractivity contribution in [2.75, 3.05) is 18.9 Å². The number of nitrogens with zero attached hydrogens (tertiary/aromatic N) is 1. The minimum Gasteiger partial charge on any atom is -0.374 e. The molecule has 0 aliphatic carbocycles. The standard InChI is InChI=1S/C13H18N2O/c1-3-10-4-6-11(7-5-10)14-12-8-9-15(2)13(12)16/h4-7,12,14H,3,8-9H2,1-2H3. The van der Waals surface area contributed by atoms with Crippen LogP contribution in [-0.2, 0) is 11.2 Å². The fourth-order valence-electron chi connectivity index (χ4n) is 1.99. The van der Waals surface area contributed by atoms with Crippen molar-refractivity contribution in [2.45, 2.75) is 25.8 Å². The van der Waals surface area contributed by atoms with Crippen molar-refractivity contribution >= 4 is 11.6 Å². The number of benzene rings is 1. The molecule has 1 heterocycles. The Bertz CT molecular complexity index is 372. The summed E-state index contributed by atoms with van der Waals surface area (Å²) in [4.78, 5) is 13.5. The highest BCUT2D eigenvalue weighted by atomic mass is 16.2.